The van der Waals surface area contributed by atoms with Crippen molar-refractivity contribution < 1.29 is 0 Å². The molecule has 21 heavy (non-hydrogen) atoms. The van der Waals surface area contributed by atoms with Gasteiger partial charge < -0.3 is 4.90 Å². The Morgan fingerprint density at radius 3 is 2.38 bits per heavy atom. The Morgan fingerprint density at radius 2 is 1.62 bits per heavy atom. The molecular weight excluding hydrogens is 254 g/mol. The summed E-state index contributed by atoms with van der Waals surface area (Å²) < 4.78 is 0. The Hall–Kier alpha value is -2.12. The highest BCUT2D eigenvalue weighted by Gasteiger charge is 2.20. The van der Waals surface area contributed by atoms with Crippen molar-refractivity contribution in [3.63, 3.8) is 0 Å². The van der Waals surface area contributed by atoms with E-state index >= 15 is 0 Å². The maximum absolute atomic E-state index is 2.31. The molecule has 1 heteroatoms. The van der Waals surface area contributed by atoms with E-state index in [-0.39, 0.29) is 0 Å². The number of nitrogens with zero attached hydrogens (tertiary/aromatic N) is 1. The van der Waals surface area contributed by atoms with Gasteiger partial charge in [-0.05, 0) is 36.4 Å². The fraction of sp³-hybridized carbons (Fsp3) is 0.200. The van der Waals surface area contributed by atoms with Gasteiger partial charge in [-0.15, -0.1) is 0 Å². The standard InChI is InChI=1S/C20H21N/c1-21(2)15-17-11-8-14-19(17)20-13-7-6-12-18(20)16-9-4-3-5-10-16/h3-14,19H,15H2,1-2H3. The van der Waals surface area contributed by atoms with Crippen LogP contribution < -0.4 is 0 Å². The minimum Gasteiger partial charge on any atom is -0.305 e. The molecule has 0 radical (unpaired) electrons. The Morgan fingerprint density at radius 1 is 0.905 bits per heavy atom. The first-order valence-electron chi connectivity index (χ1n) is 7.42. The average Bonchev–Trinajstić information content (AvgIpc) is 2.95. The maximum atomic E-state index is 2.31. The first-order valence-corrected chi connectivity index (χ1v) is 7.42. The summed E-state index contributed by atoms with van der Waals surface area (Å²) in [6, 6.07) is 19.4. The second-order valence-electron chi connectivity index (χ2n) is 5.80. The van der Waals surface area contributed by atoms with Gasteiger partial charge in [0.05, 0.1) is 0 Å². The number of hydrogen-bond acceptors (Lipinski definition) is 1. The van der Waals surface area contributed by atoms with Crippen LogP contribution in [0.1, 0.15) is 11.5 Å². The summed E-state index contributed by atoms with van der Waals surface area (Å²) in [5.74, 6) is 0.392. The maximum Gasteiger partial charge on any atom is 0.0253 e. The van der Waals surface area contributed by atoms with Crippen LogP contribution in [0.4, 0.5) is 0 Å². The molecule has 1 aliphatic rings. The van der Waals surface area contributed by atoms with Crippen molar-refractivity contribution >= 4 is 0 Å². The van der Waals surface area contributed by atoms with Crippen LogP contribution in [0, 0.1) is 0 Å². The van der Waals surface area contributed by atoms with Crippen molar-refractivity contribution in [2.75, 3.05) is 20.6 Å². The van der Waals surface area contributed by atoms with Crippen LogP contribution in [-0.2, 0) is 0 Å². The molecule has 2 aromatic carbocycles. The quantitative estimate of drug-likeness (QED) is 0.794. The van der Waals surface area contributed by atoms with Crippen LogP contribution in [0.15, 0.2) is 78.4 Å². The van der Waals surface area contributed by atoms with Crippen molar-refractivity contribution in [2.24, 2.45) is 0 Å². The lowest BCUT2D eigenvalue weighted by Gasteiger charge is -2.21. The molecule has 2 aromatic rings. The van der Waals surface area contributed by atoms with E-state index in [4.69, 9.17) is 0 Å². The Balaban J connectivity index is 2.00. The highest BCUT2D eigenvalue weighted by atomic mass is 15.0. The van der Waals surface area contributed by atoms with Crippen LogP contribution in [0.3, 0.4) is 0 Å². The van der Waals surface area contributed by atoms with Gasteiger partial charge in [-0.3, -0.25) is 0 Å². The molecular formula is C20H21N. The van der Waals surface area contributed by atoms with Gasteiger partial charge in [0.25, 0.3) is 0 Å². The molecule has 0 aliphatic heterocycles. The average molecular weight is 275 g/mol. The smallest absolute Gasteiger partial charge is 0.0253 e. The van der Waals surface area contributed by atoms with E-state index < -0.39 is 0 Å². The van der Waals surface area contributed by atoms with Gasteiger partial charge in [0.1, 0.15) is 0 Å². The molecule has 0 fully saturated rings. The first kappa shape index (κ1) is 13.8. The summed E-state index contributed by atoms with van der Waals surface area (Å²) >= 11 is 0. The van der Waals surface area contributed by atoms with E-state index in [1.165, 1.54) is 22.3 Å². The van der Waals surface area contributed by atoms with Crippen LogP contribution in [-0.4, -0.2) is 25.5 Å². The van der Waals surface area contributed by atoms with E-state index in [0.29, 0.717) is 5.92 Å². The summed E-state index contributed by atoms with van der Waals surface area (Å²) in [4.78, 5) is 2.23. The molecule has 0 amide bonds. The van der Waals surface area contributed by atoms with Crippen LogP contribution in [0.5, 0.6) is 0 Å². The molecule has 0 bridgehead atoms. The van der Waals surface area contributed by atoms with Gasteiger partial charge in [-0.2, -0.15) is 0 Å². The molecule has 1 aliphatic carbocycles. The number of hydrogen-bond donors (Lipinski definition) is 0. The predicted molar refractivity (Wildman–Crippen MR) is 90.4 cm³/mol. The lowest BCUT2D eigenvalue weighted by atomic mass is 9.87. The van der Waals surface area contributed by atoms with Crippen molar-refractivity contribution in [1.82, 2.24) is 4.90 Å². The molecule has 0 saturated heterocycles. The first-order chi connectivity index (χ1) is 10.3. The van der Waals surface area contributed by atoms with Gasteiger partial charge in [-0.1, -0.05) is 72.8 Å². The fourth-order valence-electron chi connectivity index (χ4n) is 2.99. The largest absolute Gasteiger partial charge is 0.305 e. The molecule has 1 unspecified atom stereocenters. The second kappa shape index (κ2) is 6.11. The lowest BCUT2D eigenvalue weighted by molar-refractivity contribution is 0.439. The van der Waals surface area contributed by atoms with Crippen molar-refractivity contribution in [2.45, 2.75) is 5.92 Å². The summed E-state index contributed by atoms with van der Waals surface area (Å²) in [6.45, 7) is 1.00. The van der Waals surface area contributed by atoms with Crippen molar-refractivity contribution in [1.29, 1.82) is 0 Å². The second-order valence-corrected chi connectivity index (χ2v) is 5.80. The number of likely N-dealkylation sites (N-methyl/N-ethyl adjacent to an activating group) is 1. The molecule has 1 atom stereocenters. The molecule has 1 nitrogen and oxygen atoms in total. The molecule has 3 rings (SSSR count). The highest BCUT2D eigenvalue weighted by Crippen LogP contribution is 2.36. The fourth-order valence-corrected chi connectivity index (χ4v) is 2.99. The highest BCUT2D eigenvalue weighted by molar-refractivity contribution is 5.69. The van der Waals surface area contributed by atoms with Gasteiger partial charge in [0.15, 0.2) is 0 Å². The Kier molecular flexibility index (Phi) is 4.03. The molecule has 0 heterocycles. The molecule has 0 N–H and O–H groups in total. The normalized spacial score (nSPS) is 17.3. The van der Waals surface area contributed by atoms with E-state index in [2.05, 4.69) is 91.8 Å². The summed E-state index contributed by atoms with van der Waals surface area (Å²) in [5.41, 5.74) is 5.48. The third-order valence-electron chi connectivity index (χ3n) is 3.89. The van der Waals surface area contributed by atoms with Gasteiger partial charge in [0, 0.05) is 12.5 Å². The molecule has 0 saturated carbocycles. The van der Waals surface area contributed by atoms with E-state index in [0.717, 1.165) is 6.54 Å². The summed E-state index contributed by atoms with van der Waals surface area (Å²) in [6.07, 6.45) is 6.75. The van der Waals surface area contributed by atoms with Crippen molar-refractivity contribution in [3.8, 4) is 11.1 Å². The van der Waals surface area contributed by atoms with Crippen molar-refractivity contribution in [3.05, 3.63) is 84.0 Å². The zero-order valence-electron chi connectivity index (χ0n) is 12.7. The topological polar surface area (TPSA) is 3.24 Å². The van der Waals surface area contributed by atoms with E-state index in [1.54, 1.807) is 0 Å². The van der Waals surface area contributed by atoms with Gasteiger partial charge >= 0.3 is 0 Å². The minimum atomic E-state index is 0.392. The zero-order chi connectivity index (χ0) is 14.7. The third kappa shape index (κ3) is 2.98. The van der Waals surface area contributed by atoms with E-state index in [1.807, 2.05) is 0 Å². The third-order valence-corrected chi connectivity index (χ3v) is 3.89. The number of allylic oxidation sites excluding steroid dienone is 3. The SMILES string of the molecule is CN(C)CC1=CC=CC1c1ccccc1-c1ccccc1. The van der Waals surface area contributed by atoms with Crippen LogP contribution in [0.25, 0.3) is 11.1 Å². The van der Waals surface area contributed by atoms with Crippen LogP contribution in [0.2, 0.25) is 0 Å². The lowest BCUT2D eigenvalue weighted by Crippen LogP contribution is -2.17. The molecule has 106 valence electrons. The number of rotatable bonds is 4. The Bertz CT molecular complexity index is 665. The zero-order valence-corrected chi connectivity index (χ0v) is 12.7. The van der Waals surface area contributed by atoms with Crippen LogP contribution >= 0.6 is 0 Å². The van der Waals surface area contributed by atoms with E-state index in [9.17, 15) is 0 Å². The molecule has 0 spiro atoms. The Labute approximate surface area is 127 Å². The summed E-state index contributed by atoms with van der Waals surface area (Å²) in [7, 11) is 4.25. The van der Waals surface area contributed by atoms with Gasteiger partial charge in [-0.25, -0.2) is 0 Å². The number of benzene rings is 2. The summed E-state index contributed by atoms with van der Waals surface area (Å²) in [5, 5.41) is 0. The predicted octanol–water partition coefficient (Wildman–Crippen LogP) is 4.50. The monoisotopic (exact) mass is 275 g/mol. The van der Waals surface area contributed by atoms with Gasteiger partial charge in [0.2, 0.25) is 0 Å². The minimum absolute atomic E-state index is 0.392. The molecule has 0 aromatic heterocycles.